The van der Waals surface area contributed by atoms with Crippen LogP contribution in [0.3, 0.4) is 0 Å². The highest BCUT2D eigenvalue weighted by Gasteiger charge is 2.21. The van der Waals surface area contributed by atoms with Gasteiger partial charge in [0.1, 0.15) is 11.3 Å². The summed E-state index contributed by atoms with van der Waals surface area (Å²) in [6.07, 6.45) is 1.10. The maximum Gasteiger partial charge on any atom is 0.229 e. The Morgan fingerprint density at radius 2 is 1.87 bits per heavy atom. The van der Waals surface area contributed by atoms with Crippen LogP contribution in [-0.4, -0.2) is 48.7 Å². The van der Waals surface area contributed by atoms with E-state index in [1.165, 1.54) is 6.07 Å². The lowest BCUT2D eigenvalue weighted by Gasteiger charge is -2.21. The number of thioether (sulfide) groups is 1. The summed E-state index contributed by atoms with van der Waals surface area (Å²) < 4.78 is 28.0. The van der Waals surface area contributed by atoms with Crippen molar-refractivity contribution in [1.29, 1.82) is 0 Å². The number of rotatable bonds is 9. The summed E-state index contributed by atoms with van der Waals surface area (Å²) in [7, 11) is 3.94. The second kappa shape index (κ2) is 11.6. The minimum atomic E-state index is -0.706. The lowest BCUT2D eigenvalue weighted by atomic mass is 10.3. The highest BCUT2D eigenvalue weighted by atomic mass is 35.5. The molecule has 0 N–H and O–H groups in total. The summed E-state index contributed by atoms with van der Waals surface area (Å²) in [5.41, 5.74) is 0.107. The smallest absolute Gasteiger partial charge is 0.229 e. The predicted octanol–water partition coefficient (Wildman–Crippen LogP) is 5.46. The van der Waals surface area contributed by atoms with Crippen molar-refractivity contribution in [3.05, 3.63) is 54.1 Å². The SMILES string of the molecule is CN(C)CCCN(C(=O)CCSc1ccccc1)c1nc2c(F)cc(F)cc2s1.Cl. The quantitative estimate of drug-likeness (QED) is 0.388. The Hall–Kier alpha value is -1.74. The van der Waals surface area contributed by atoms with Gasteiger partial charge in [-0.15, -0.1) is 24.2 Å². The van der Waals surface area contributed by atoms with Crippen molar-refractivity contribution in [3.8, 4) is 0 Å². The van der Waals surface area contributed by atoms with E-state index in [-0.39, 0.29) is 23.8 Å². The number of amides is 1. The van der Waals surface area contributed by atoms with Crippen LogP contribution in [0.15, 0.2) is 47.4 Å². The largest absolute Gasteiger partial charge is 0.309 e. The minimum absolute atomic E-state index is 0. The van der Waals surface area contributed by atoms with Crippen molar-refractivity contribution >= 4 is 56.8 Å². The van der Waals surface area contributed by atoms with E-state index in [0.717, 1.165) is 35.3 Å². The van der Waals surface area contributed by atoms with Gasteiger partial charge in [0, 0.05) is 29.7 Å². The molecule has 9 heteroatoms. The molecule has 30 heavy (non-hydrogen) atoms. The summed E-state index contributed by atoms with van der Waals surface area (Å²) in [5.74, 6) is -0.772. The van der Waals surface area contributed by atoms with E-state index in [4.69, 9.17) is 0 Å². The van der Waals surface area contributed by atoms with Crippen molar-refractivity contribution in [2.75, 3.05) is 37.8 Å². The first-order chi connectivity index (χ1) is 13.9. The normalized spacial score (nSPS) is 11.0. The fourth-order valence-electron chi connectivity index (χ4n) is 2.84. The number of carbonyl (C=O) groups is 1. The summed E-state index contributed by atoms with van der Waals surface area (Å²) in [5, 5.41) is 0.415. The monoisotopic (exact) mass is 471 g/mol. The molecule has 0 unspecified atom stereocenters. The molecule has 0 saturated heterocycles. The van der Waals surface area contributed by atoms with E-state index in [9.17, 15) is 13.6 Å². The van der Waals surface area contributed by atoms with E-state index in [1.807, 2.05) is 49.3 Å². The Labute approximate surface area is 189 Å². The molecule has 0 radical (unpaired) electrons. The van der Waals surface area contributed by atoms with Gasteiger partial charge in [0.25, 0.3) is 0 Å². The van der Waals surface area contributed by atoms with Gasteiger partial charge >= 0.3 is 0 Å². The average molecular weight is 472 g/mol. The summed E-state index contributed by atoms with van der Waals surface area (Å²) in [6.45, 7) is 1.30. The van der Waals surface area contributed by atoms with Crippen molar-refractivity contribution in [1.82, 2.24) is 9.88 Å². The molecule has 0 aliphatic heterocycles. The minimum Gasteiger partial charge on any atom is -0.309 e. The lowest BCUT2D eigenvalue weighted by molar-refractivity contribution is -0.118. The van der Waals surface area contributed by atoms with E-state index in [2.05, 4.69) is 4.98 Å². The molecular formula is C21H24ClF2N3OS2. The molecule has 162 valence electrons. The Morgan fingerprint density at radius 3 is 2.57 bits per heavy atom. The lowest BCUT2D eigenvalue weighted by Crippen LogP contribution is -2.33. The number of halogens is 3. The zero-order chi connectivity index (χ0) is 20.8. The van der Waals surface area contributed by atoms with Crippen LogP contribution in [0.4, 0.5) is 13.9 Å². The number of carbonyl (C=O) groups excluding carboxylic acids is 1. The fourth-order valence-corrected chi connectivity index (χ4v) is 4.75. The number of aromatic nitrogens is 1. The Bertz CT molecular complexity index is 970. The van der Waals surface area contributed by atoms with Crippen LogP contribution in [0, 0.1) is 11.6 Å². The van der Waals surface area contributed by atoms with Crippen molar-refractivity contribution in [2.24, 2.45) is 0 Å². The number of benzene rings is 2. The first-order valence-electron chi connectivity index (χ1n) is 9.32. The molecule has 3 aromatic rings. The van der Waals surface area contributed by atoms with Crippen LogP contribution in [0.25, 0.3) is 10.2 Å². The predicted molar refractivity (Wildman–Crippen MR) is 124 cm³/mol. The maximum atomic E-state index is 14.1. The molecule has 3 rings (SSSR count). The molecule has 1 amide bonds. The zero-order valence-electron chi connectivity index (χ0n) is 16.8. The van der Waals surface area contributed by atoms with Crippen molar-refractivity contribution in [2.45, 2.75) is 17.7 Å². The molecule has 0 bridgehead atoms. The molecule has 1 heterocycles. The Balaban J connectivity index is 0.00000320. The number of hydrogen-bond acceptors (Lipinski definition) is 5. The molecule has 4 nitrogen and oxygen atoms in total. The molecule has 0 saturated carbocycles. The molecule has 0 spiro atoms. The third-order valence-electron chi connectivity index (χ3n) is 4.25. The average Bonchev–Trinajstić information content (AvgIpc) is 3.09. The third kappa shape index (κ3) is 6.63. The first-order valence-corrected chi connectivity index (χ1v) is 11.1. The van der Waals surface area contributed by atoms with Gasteiger partial charge in [0.05, 0.1) is 4.70 Å². The van der Waals surface area contributed by atoms with Gasteiger partial charge in [-0.05, 0) is 45.3 Å². The molecule has 0 fully saturated rings. The van der Waals surface area contributed by atoms with Crippen LogP contribution < -0.4 is 4.90 Å². The summed E-state index contributed by atoms with van der Waals surface area (Å²) in [6, 6.07) is 12.0. The number of hydrogen-bond donors (Lipinski definition) is 0. The molecule has 2 aromatic carbocycles. The molecular weight excluding hydrogens is 448 g/mol. The van der Waals surface area contributed by atoms with Gasteiger partial charge in [-0.25, -0.2) is 13.8 Å². The fraction of sp³-hybridized carbons (Fsp3) is 0.333. The van der Waals surface area contributed by atoms with Crippen LogP contribution in [0.2, 0.25) is 0 Å². The van der Waals surface area contributed by atoms with Crippen molar-refractivity contribution < 1.29 is 13.6 Å². The van der Waals surface area contributed by atoms with Gasteiger partial charge in [-0.2, -0.15) is 0 Å². The van der Waals surface area contributed by atoms with Gasteiger partial charge in [0.2, 0.25) is 5.91 Å². The third-order valence-corrected chi connectivity index (χ3v) is 6.29. The second-order valence-electron chi connectivity index (χ2n) is 6.84. The van der Waals surface area contributed by atoms with E-state index in [0.29, 0.717) is 28.5 Å². The second-order valence-corrected chi connectivity index (χ2v) is 9.02. The van der Waals surface area contributed by atoms with Crippen LogP contribution in [0.5, 0.6) is 0 Å². The van der Waals surface area contributed by atoms with Gasteiger partial charge in [-0.1, -0.05) is 29.5 Å². The summed E-state index contributed by atoms with van der Waals surface area (Å²) >= 11 is 2.76. The number of nitrogens with zero attached hydrogens (tertiary/aromatic N) is 3. The van der Waals surface area contributed by atoms with E-state index >= 15 is 0 Å². The van der Waals surface area contributed by atoms with E-state index < -0.39 is 11.6 Å². The number of thiazole rings is 1. The number of anilines is 1. The molecule has 0 aliphatic rings. The van der Waals surface area contributed by atoms with Crippen molar-refractivity contribution in [3.63, 3.8) is 0 Å². The van der Waals surface area contributed by atoms with Crippen LogP contribution in [0.1, 0.15) is 12.8 Å². The first kappa shape index (κ1) is 24.5. The van der Waals surface area contributed by atoms with Crippen LogP contribution in [-0.2, 0) is 4.79 Å². The topological polar surface area (TPSA) is 36.4 Å². The van der Waals surface area contributed by atoms with Gasteiger partial charge < -0.3 is 4.90 Å². The Kier molecular flexibility index (Phi) is 9.48. The Morgan fingerprint density at radius 1 is 1.13 bits per heavy atom. The number of fused-ring (bicyclic) bond motifs is 1. The highest BCUT2D eigenvalue weighted by Crippen LogP contribution is 2.32. The summed E-state index contributed by atoms with van der Waals surface area (Å²) in [4.78, 5) is 22.0. The maximum absolute atomic E-state index is 14.1. The molecule has 0 aliphatic carbocycles. The highest BCUT2D eigenvalue weighted by molar-refractivity contribution is 7.99. The van der Waals surface area contributed by atoms with Gasteiger partial charge in [0.15, 0.2) is 10.9 Å². The molecule has 0 atom stereocenters. The van der Waals surface area contributed by atoms with Crippen LogP contribution >= 0.6 is 35.5 Å². The van der Waals surface area contributed by atoms with E-state index in [1.54, 1.807) is 16.7 Å². The molecule has 1 aromatic heterocycles. The zero-order valence-corrected chi connectivity index (χ0v) is 19.3. The van der Waals surface area contributed by atoms with Gasteiger partial charge in [-0.3, -0.25) is 9.69 Å². The standard InChI is InChI=1S/C21H23F2N3OS2.ClH/c1-25(2)10-6-11-26(19(27)9-12-28-16-7-4-3-5-8-16)21-24-20-17(23)13-15(22)14-18(20)29-21;/h3-5,7-8,13-14H,6,9-12H2,1-2H3;1H.